The normalized spacial score (nSPS) is 16.3. The Labute approximate surface area is 353 Å². The van der Waals surface area contributed by atoms with Crippen molar-refractivity contribution in [3.63, 3.8) is 0 Å². The number of nitrogens with zero attached hydrogens (tertiary/aromatic N) is 4. The van der Waals surface area contributed by atoms with Gasteiger partial charge in [0, 0.05) is 67.4 Å². The van der Waals surface area contributed by atoms with E-state index in [1.165, 1.54) is 26.2 Å². The van der Waals surface area contributed by atoms with Crippen molar-refractivity contribution in [3.8, 4) is 11.3 Å². The second kappa shape index (κ2) is 17.3. The van der Waals surface area contributed by atoms with Crippen LogP contribution in [0.5, 0.6) is 0 Å². The Kier molecular flexibility index (Phi) is 12.6. The minimum atomic E-state index is -2.77. The van der Waals surface area contributed by atoms with Crippen LogP contribution in [0.15, 0.2) is 95.6 Å². The zero-order chi connectivity index (χ0) is 41.2. The van der Waals surface area contributed by atoms with Crippen LogP contribution in [0.3, 0.4) is 0 Å². The third-order valence-electron chi connectivity index (χ3n) is 12.2. The summed E-state index contributed by atoms with van der Waals surface area (Å²) in [4.78, 5) is 20.6. The van der Waals surface area contributed by atoms with Gasteiger partial charge in [0.25, 0.3) is 8.32 Å². The van der Waals surface area contributed by atoms with Crippen molar-refractivity contribution < 1.29 is 23.8 Å². The average molecular weight is 868 g/mol. The topological polar surface area (TPSA) is 89.3 Å². The number of ether oxygens (including phenoxy) is 2. The van der Waals surface area contributed by atoms with Crippen LogP contribution in [0.4, 0.5) is 10.5 Å². The standard InChI is InChI=1S/C47H59BrN4O5Si/c1-33(2)56-27-26-52-42-19-18-35(48)28-39(42)41(44(52)40-29-36(31-49-43(40)34(3)55-7)50-22-24-51(25-23-50)45(53)54)30-47(20-21-47)32-57-58(46(4,5)6,37-14-10-8-11-15-37)38-16-12-9-13-17-38/h8-19,28-29,31,33-34H,20-27,30,32H2,1-7H3,(H,53,54). The molecule has 1 amide bonds. The number of methoxy groups -OCH3 is 1. The molecule has 1 N–H and O–H groups in total. The summed E-state index contributed by atoms with van der Waals surface area (Å²) in [6.07, 6.45) is 3.89. The number of hydrogen-bond acceptors (Lipinski definition) is 6. The fourth-order valence-electron chi connectivity index (χ4n) is 8.86. The van der Waals surface area contributed by atoms with Gasteiger partial charge in [0.2, 0.25) is 0 Å². The van der Waals surface area contributed by atoms with E-state index < -0.39 is 14.4 Å². The Hall–Kier alpha value is -4.00. The maximum atomic E-state index is 11.8. The van der Waals surface area contributed by atoms with Crippen LogP contribution >= 0.6 is 15.9 Å². The van der Waals surface area contributed by atoms with Crippen molar-refractivity contribution in [2.75, 3.05) is 51.4 Å². The van der Waals surface area contributed by atoms with E-state index in [2.05, 4.69) is 152 Å². The Morgan fingerprint density at radius 1 is 0.931 bits per heavy atom. The van der Waals surface area contributed by atoms with Gasteiger partial charge in [0.1, 0.15) is 0 Å². The smallest absolute Gasteiger partial charge is 0.407 e. The first-order valence-electron chi connectivity index (χ1n) is 20.7. The summed E-state index contributed by atoms with van der Waals surface area (Å²) in [5, 5.41) is 13.3. The van der Waals surface area contributed by atoms with Crippen LogP contribution in [0.2, 0.25) is 5.04 Å². The van der Waals surface area contributed by atoms with Gasteiger partial charge in [-0.1, -0.05) is 97.4 Å². The predicted octanol–water partition coefficient (Wildman–Crippen LogP) is 9.30. The van der Waals surface area contributed by atoms with E-state index in [1.807, 2.05) is 6.20 Å². The second-order valence-electron chi connectivity index (χ2n) is 17.4. The zero-order valence-electron chi connectivity index (χ0n) is 35.1. The molecule has 1 aliphatic carbocycles. The minimum absolute atomic E-state index is 0.0527. The molecule has 5 aromatic rings. The number of benzene rings is 3. The van der Waals surface area contributed by atoms with Crippen molar-refractivity contribution in [2.24, 2.45) is 5.41 Å². The van der Waals surface area contributed by atoms with Gasteiger partial charge >= 0.3 is 6.09 Å². The zero-order valence-corrected chi connectivity index (χ0v) is 37.7. The third kappa shape index (κ3) is 8.52. The Bertz CT molecular complexity index is 2150. The quantitative estimate of drug-likeness (QED) is 0.105. The molecule has 2 fully saturated rings. The number of rotatable bonds is 15. The van der Waals surface area contributed by atoms with Crippen LogP contribution in [0, 0.1) is 5.41 Å². The van der Waals surface area contributed by atoms with Gasteiger partial charge in [-0.25, -0.2) is 4.79 Å². The van der Waals surface area contributed by atoms with Crippen molar-refractivity contribution in [3.05, 3.63) is 107 Å². The van der Waals surface area contributed by atoms with Gasteiger partial charge in [-0.2, -0.15) is 0 Å². The summed E-state index contributed by atoms with van der Waals surface area (Å²) < 4.78 is 23.4. The summed E-state index contributed by atoms with van der Waals surface area (Å²) in [7, 11) is -1.03. The number of piperazine rings is 1. The maximum Gasteiger partial charge on any atom is 0.407 e. The first-order valence-corrected chi connectivity index (χ1v) is 23.4. The first-order chi connectivity index (χ1) is 27.8. The summed E-state index contributed by atoms with van der Waals surface area (Å²) >= 11 is 3.84. The Morgan fingerprint density at radius 3 is 2.12 bits per heavy atom. The van der Waals surface area contributed by atoms with Crippen molar-refractivity contribution >= 4 is 57.3 Å². The lowest BCUT2D eigenvalue weighted by atomic mass is 9.92. The number of aromatic nitrogens is 2. The molecule has 308 valence electrons. The fourth-order valence-corrected chi connectivity index (χ4v) is 13.9. The summed E-state index contributed by atoms with van der Waals surface area (Å²) in [6.45, 7) is 17.2. The molecule has 11 heteroatoms. The maximum absolute atomic E-state index is 11.8. The van der Waals surface area contributed by atoms with Crippen LogP contribution in [0.1, 0.15) is 71.7 Å². The highest BCUT2D eigenvalue weighted by atomic mass is 79.9. The van der Waals surface area contributed by atoms with E-state index in [0.717, 1.165) is 51.9 Å². The Morgan fingerprint density at radius 2 is 1.57 bits per heavy atom. The predicted molar refractivity (Wildman–Crippen MR) is 240 cm³/mol. The SMILES string of the molecule is COC(C)c1ncc(N2CCN(C(=O)O)CC2)cc1-c1c(CC2(CO[Si](c3ccccc3)(c3ccccc3)C(C)(C)C)CC2)c2cc(Br)ccc2n1CCOC(C)C. The number of anilines is 1. The second-order valence-corrected chi connectivity index (χ2v) is 22.7. The number of amides is 1. The summed E-state index contributed by atoms with van der Waals surface area (Å²) in [5.41, 5.74) is 6.40. The number of fused-ring (bicyclic) bond motifs is 1. The van der Waals surface area contributed by atoms with Crippen molar-refractivity contribution in [2.45, 2.75) is 84.6 Å². The molecule has 0 bridgehead atoms. The molecule has 0 spiro atoms. The molecule has 9 nitrogen and oxygen atoms in total. The van der Waals surface area contributed by atoms with E-state index >= 15 is 0 Å². The number of hydrogen-bond donors (Lipinski definition) is 1. The lowest BCUT2D eigenvalue weighted by molar-refractivity contribution is 0.0735. The molecule has 1 aliphatic heterocycles. The van der Waals surface area contributed by atoms with E-state index in [9.17, 15) is 9.90 Å². The van der Waals surface area contributed by atoms with E-state index in [4.69, 9.17) is 18.9 Å². The number of halogens is 1. The molecule has 1 unspecified atom stereocenters. The monoisotopic (exact) mass is 866 g/mol. The van der Waals surface area contributed by atoms with Crippen LogP contribution in [-0.2, 0) is 26.9 Å². The average Bonchev–Trinajstić information content (AvgIpc) is 3.92. The third-order valence-corrected chi connectivity index (χ3v) is 17.7. The van der Waals surface area contributed by atoms with Gasteiger partial charge in [0.15, 0.2) is 0 Å². The highest BCUT2D eigenvalue weighted by Crippen LogP contribution is 2.53. The minimum Gasteiger partial charge on any atom is -0.465 e. The lowest BCUT2D eigenvalue weighted by Crippen LogP contribution is -2.67. The molecule has 3 heterocycles. The number of pyridine rings is 1. The molecule has 58 heavy (non-hydrogen) atoms. The summed E-state index contributed by atoms with van der Waals surface area (Å²) in [5.74, 6) is 0. The molecular formula is C47H59BrN4O5Si. The molecule has 1 atom stereocenters. The molecule has 0 radical (unpaired) electrons. The highest BCUT2D eigenvalue weighted by Gasteiger charge is 2.53. The van der Waals surface area contributed by atoms with Gasteiger partial charge in [-0.3, -0.25) is 4.98 Å². The van der Waals surface area contributed by atoms with E-state index in [1.54, 1.807) is 7.11 Å². The fraction of sp³-hybridized carbons (Fsp3) is 0.447. The van der Waals surface area contributed by atoms with Gasteiger partial charge in [0.05, 0.1) is 42.1 Å². The molecule has 3 aromatic carbocycles. The Balaban J connectivity index is 1.36. The summed E-state index contributed by atoms with van der Waals surface area (Å²) in [6, 6.07) is 30.8. The number of carbonyl (C=O) groups is 1. The molecule has 7 rings (SSSR count). The van der Waals surface area contributed by atoms with Gasteiger partial charge < -0.3 is 33.4 Å². The van der Waals surface area contributed by atoms with E-state index in [0.29, 0.717) is 45.9 Å². The highest BCUT2D eigenvalue weighted by molar-refractivity contribution is 9.10. The molecule has 1 saturated carbocycles. The molecular weight excluding hydrogens is 809 g/mol. The van der Waals surface area contributed by atoms with Crippen LogP contribution < -0.4 is 15.3 Å². The first kappa shape index (κ1) is 42.1. The lowest BCUT2D eigenvalue weighted by Gasteiger charge is -2.44. The molecule has 2 aliphatic rings. The number of carboxylic acid groups (broad SMARTS) is 1. The van der Waals surface area contributed by atoms with Crippen LogP contribution in [0.25, 0.3) is 22.2 Å². The van der Waals surface area contributed by atoms with Crippen LogP contribution in [-0.4, -0.2) is 86.6 Å². The van der Waals surface area contributed by atoms with Gasteiger partial charge in [-0.15, -0.1) is 0 Å². The van der Waals surface area contributed by atoms with Crippen molar-refractivity contribution in [1.82, 2.24) is 14.5 Å². The van der Waals surface area contributed by atoms with E-state index in [-0.39, 0.29) is 22.7 Å². The molecule has 1 saturated heterocycles. The van der Waals surface area contributed by atoms with Gasteiger partial charge in [-0.05, 0) is 90.7 Å². The largest absolute Gasteiger partial charge is 0.465 e. The van der Waals surface area contributed by atoms with Crippen molar-refractivity contribution in [1.29, 1.82) is 0 Å². The molecule has 2 aromatic heterocycles.